The van der Waals surface area contributed by atoms with Gasteiger partial charge in [0.15, 0.2) is 0 Å². The maximum Gasteiger partial charge on any atom is 0.218 e. The number of rotatable bonds is 10. The molecule has 1 heterocycles. The zero-order chi connectivity index (χ0) is 13.9. The van der Waals surface area contributed by atoms with Crippen LogP contribution in [0.5, 0.6) is 5.88 Å². The smallest absolute Gasteiger partial charge is 0.218 e. The highest BCUT2D eigenvalue weighted by Crippen LogP contribution is 2.15. The zero-order valence-electron chi connectivity index (χ0n) is 11.4. The summed E-state index contributed by atoms with van der Waals surface area (Å²) in [4.78, 5) is 3.95. The van der Waals surface area contributed by atoms with E-state index in [4.69, 9.17) is 14.2 Å². The summed E-state index contributed by atoms with van der Waals surface area (Å²) in [5, 5.41) is 3.12. The molecule has 0 spiro atoms. The van der Waals surface area contributed by atoms with Gasteiger partial charge >= 0.3 is 0 Å². The van der Waals surface area contributed by atoms with Crippen molar-refractivity contribution in [1.82, 2.24) is 10.3 Å². The molecule has 108 valence electrons. The minimum atomic E-state index is -0.364. The fourth-order valence-electron chi connectivity index (χ4n) is 1.43. The molecule has 0 fully saturated rings. The Bertz CT molecular complexity index is 364. The lowest BCUT2D eigenvalue weighted by atomic mass is 10.2. The highest BCUT2D eigenvalue weighted by atomic mass is 19.1. The van der Waals surface area contributed by atoms with Crippen molar-refractivity contribution in [3.05, 3.63) is 23.6 Å². The first kappa shape index (κ1) is 15.8. The van der Waals surface area contributed by atoms with Crippen molar-refractivity contribution in [1.29, 1.82) is 0 Å². The molecule has 1 N–H and O–H groups in total. The molecule has 0 saturated carbocycles. The Morgan fingerprint density at radius 1 is 1.26 bits per heavy atom. The van der Waals surface area contributed by atoms with Crippen LogP contribution in [0.3, 0.4) is 0 Å². The summed E-state index contributed by atoms with van der Waals surface area (Å²) in [5.74, 6) is 0.0780. The highest BCUT2D eigenvalue weighted by molar-refractivity contribution is 5.26. The summed E-state index contributed by atoms with van der Waals surface area (Å²) in [6, 6.07) is 1.43. The van der Waals surface area contributed by atoms with E-state index in [1.165, 1.54) is 6.07 Å². The first-order valence-electron chi connectivity index (χ1n) is 6.32. The van der Waals surface area contributed by atoms with Crippen molar-refractivity contribution in [3.63, 3.8) is 0 Å². The Labute approximate surface area is 113 Å². The lowest BCUT2D eigenvalue weighted by molar-refractivity contribution is 0.0534. The summed E-state index contributed by atoms with van der Waals surface area (Å²) < 4.78 is 28.7. The molecule has 0 aliphatic rings. The van der Waals surface area contributed by atoms with E-state index >= 15 is 0 Å². The van der Waals surface area contributed by atoms with Crippen LogP contribution in [0.4, 0.5) is 4.39 Å². The van der Waals surface area contributed by atoms with Crippen molar-refractivity contribution in [3.8, 4) is 5.88 Å². The predicted molar refractivity (Wildman–Crippen MR) is 69.8 cm³/mol. The van der Waals surface area contributed by atoms with E-state index in [-0.39, 0.29) is 5.82 Å². The Morgan fingerprint density at radius 2 is 2.05 bits per heavy atom. The third-order valence-electron chi connectivity index (χ3n) is 2.36. The van der Waals surface area contributed by atoms with Crippen molar-refractivity contribution in [2.24, 2.45) is 0 Å². The monoisotopic (exact) mass is 272 g/mol. The van der Waals surface area contributed by atoms with Crippen LogP contribution in [0.25, 0.3) is 0 Å². The number of hydrogen-bond acceptors (Lipinski definition) is 5. The molecule has 5 nitrogen and oxygen atoms in total. The second kappa shape index (κ2) is 9.66. The first-order chi connectivity index (χ1) is 9.27. The number of halogens is 1. The van der Waals surface area contributed by atoms with Gasteiger partial charge in [-0.25, -0.2) is 9.37 Å². The van der Waals surface area contributed by atoms with Crippen LogP contribution in [0.2, 0.25) is 0 Å². The Hall–Kier alpha value is -1.24. The standard InChI is InChI=1S/C13H21FN2O3/c1-3-15-9-11-8-12(14)10-16-13(11)19-7-6-18-5-4-17-2/h8,10,15H,3-7,9H2,1-2H3. The first-order valence-corrected chi connectivity index (χ1v) is 6.32. The van der Waals surface area contributed by atoms with Gasteiger partial charge in [-0.2, -0.15) is 0 Å². The van der Waals surface area contributed by atoms with Gasteiger partial charge in [-0.3, -0.25) is 0 Å². The van der Waals surface area contributed by atoms with Gasteiger partial charge in [0.2, 0.25) is 5.88 Å². The summed E-state index contributed by atoms with van der Waals surface area (Å²) in [5.41, 5.74) is 0.707. The molecule has 6 heteroatoms. The molecule has 1 rings (SSSR count). The van der Waals surface area contributed by atoms with Crippen molar-refractivity contribution in [2.45, 2.75) is 13.5 Å². The average molecular weight is 272 g/mol. The maximum atomic E-state index is 13.1. The van der Waals surface area contributed by atoms with Crippen molar-refractivity contribution < 1.29 is 18.6 Å². The van der Waals surface area contributed by atoms with Gasteiger partial charge in [0.05, 0.1) is 26.0 Å². The fourth-order valence-corrected chi connectivity index (χ4v) is 1.43. The average Bonchev–Trinajstić information content (AvgIpc) is 2.42. The minimum absolute atomic E-state index is 0.364. The van der Waals surface area contributed by atoms with E-state index in [9.17, 15) is 4.39 Å². The number of nitrogens with one attached hydrogen (secondary N) is 1. The molecular weight excluding hydrogens is 251 g/mol. The van der Waals surface area contributed by atoms with E-state index < -0.39 is 0 Å². The van der Waals surface area contributed by atoms with Crippen LogP contribution < -0.4 is 10.1 Å². The molecule has 0 radical (unpaired) electrons. The second-order valence-corrected chi connectivity index (χ2v) is 3.85. The van der Waals surface area contributed by atoms with Gasteiger partial charge in [-0.15, -0.1) is 0 Å². The van der Waals surface area contributed by atoms with Gasteiger partial charge in [0, 0.05) is 19.2 Å². The molecule has 1 aromatic rings. The summed E-state index contributed by atoms with van der Waals surface area (Å²) >= 11 is 0. The minimum Gasteiger partial charge on any atom is -0.475 e. The van der Waals surface area contributed by atoms with E-state index in [1.54, 1.807) is 7.11 Å². The molecule has 0 bridgehead atoms. The lowest BCUT2D eigenvalue weighted by Crippen LogP contribution is -2.15. The molecule has 0 aliphatic heterocycles. The number of pyridine rings is 1. The zero-order valence-corrected chi connectivity index (χ0v) is 11.4. The maximum absolute atomic E-state index is 13.1. The number of hydrogen-bond donors (Lipinski definition) is 1. The van der Waals surface area contributed by atoms with Gasteiger partial charge in [-0.05, 0) is 12.6 Å². The fraction of sp³-hybridized carbons (Fsp3) is 0.615. The van der Waals surface area contributed by atoms with E-state index in [2.05, 4.69) is 10.3 Å². The van der Waals surface area contributed by atoms with E-state index in [1.807, 2.05) is 6.92 Å². The molecule has 0 aromatic carbocycles. The predicted octanol–water partition coefficient (Wildman–Crippen LogP) is 1.37. The molecule has 0 amide bonds. The molecular formula is C13H21FN2O3. The van der Waals surface area contributed by atoms with Crippen LogP contribution >= 0.6 is 0 Å². The van der Waals surface area contributed by atoms with E-state index in [0.717, 1.165) is 12.7 Å². The Morgan fingerprint density at radius 3 is 2.79 bits per heavy atom. The molecule has 19 heavy (non-hydrogen) atoms. The Balaban J connectivity index is 2.38. The Kier molecular flexibility index (Phi) is 8.04. The van der Waals surface area contributed by atoms with Gasteiger partial charge in [0.25, 0.3) is 0 Å². The quantitative estimate of drug-likeness (QED) is 0.652. The van der Waals surface area contributed by atoms with Crippen molar-refractivity contribution in [2.75, 3.05) is 40.1 Å². The number of nitrogens with zero attached hydrogens (tertiary/aromatic N) is 1. The molecule has 0 unspecified atom stereocenters. The molecule has 0 aliphatic carbocycles. The summed E-state index contributed by atoms with van der Waals surface area (Å²) in [6.45, 7) is 5.22. The van der Waals surface area contributed by atoms with E-state index in [0.29, 0.717) is 44.4 Å². The van der Waals surface area contributed by atoms with Crippen LogP contribution in [-0.2, 0) is 16.0 Å². The number of aromatic nitrogens is 1. The largest absolute Gasteiger partial charge is 0.475 e. The molecule has 0 saturated heterocycles. The van der Waals surface area contributed by atoms with Crippen molar-refractivity contribution >= 4 is 0 Å². The normalized spacial score (nSPS) is 10.7. The molecule has 1 aromatic heterocycles. The van der Waals surface area contributed by atoms with Gasteiger partial charge in [-0.1, -0.05) is 6.92 Å². The SMILES string of the molecule is CCNCc1cc(F)cnc1OCCOCCOC. The topological polar surface area (TPSA) is 52.6 Å². The van der Waals surface area contributed by atoms with Crippen LogP contribution in [0.15, 0.2) is 12.3 Å². The van der Waals surface area contributed by atoms with Gasteiger partial charge < -0.3 is 19.5 Å². The third-order valence-corrected chi connectivity index (χ3v) is 2.36. The summed E-state index contributed by atoms with van der Waals surface area (Å²) in [6.07, 6.45) is 1.15. The van der Waals surface area contributed by atoms with Crippen LogP contribution in [0.1, 0.15) is 12.5 Å². The third kappa shape index (κ3) is 6.47. The molecule has 0 atom stereocenters. The van der Waals surface area contributed by atoms with Gasteiger partial charge in [0.1, 0.15) is 12.4 Å². The number of methoxy groups -OCH3 is 1. The summed E-state index contributed by atoms with van der Waals surface area (Å²) in [7, 11) is 1.62. The number of ether oxygens (including phenoxy) is 3. The highest BCUT2D eigenvalue weighted by Gasteiger charge is 2.06. The lowest BCUT2D eigenvalue weighted by Gasteiger charge is -2.11. The van der Waals surface area contributed by atoms with Crippen LogP contribution in [-0.4, -0.2) is 45.1 Å². The van der Waals surface area contributed by atoms with Crippen LogP contribution in [0, 0.1) is 5.82 Å². The second-order valence-electron chi connectivity index (χ2n) is 3.85.